The van der Waals surface area contributed by atoms with Crippen LogP contribution in [0.5, 0.6) is 11.5 Å². The Morgan fingerprint density at radius 1 is 0.556 bits per heavy atom. The quantitative estimate of drug-likeness (QED) is 0.123. The first-order valence-electron chi connectivity index (χ1n) is 18.4. The van der Waals surface area contributed by atoms with Crippen LogP contribution in [0.1, 0.15) is 140 Å². The monoisotopic (exact) mass is 614 g/mol. The van der Waals surface area contributed by atoms with E-state index in [0.29, 0.717) is 11.8 Å². The topological polar surface area (TPSA) is 27.7 Å². The van der Waals surface area contributed by atoms with Crippen LogP contribution in [0.25, 0.3) is 0 Å². The van der Waals surface area contributed by atoms with Crippen LogP contribution < -0.4 is 9.47 Å². The van der Waals surface area contributed by atoms with Gasteiger partial charge in [0.1, 0.15) is 23.7 Å². The van der Waals surface area contributed by atoms with Crippen molar-refractivity contribution in [3.63, 3.8) is 0 Å². The number of benzene rings is 2. The van der Waals surface area contributed by atoms with Crippen molar-refractivity contribution in [1.29, 1.82) is 0 Å². The van der Waals surface area contributed by atoms with Crippen molar-refractivity contribution in [3.05, 3.63) is 84.0 Å². The molecule has 0 spiro atoms. The van der Waals surface area contributed by atoms with E-state index in [2.05, 4.69) is 86.7 Å². The Morgan fingerprint density at radius 3 is 1.27 bits per heavy atom. The Hall–Kier alpha value is -2.52. The minimum Gasteiger partial charge on any atom is -0.497 e. The Bertz CT molecular complexity index is 1010. The zero-order valence-electron chi connectivity index (χ0n) is 28.9. The van der Waals surface area contributed by atoms with Gasteiger partial charge in [0.15, 0.2) is 0 Å². The first kappa shape index (κ1) is 35.3. The van der Waals surface area contributed by atoms with Crippen LogP contribution in [0.3, 0.4) is 0 Å². The van der Waals surface area contributed by atoms with Crippen molar-refractivity contribution >= 4 is 0 Å². The zero-order valence-corrected chi connectivity index (χ0v) is 28.9. The molecular weight excluding hydrogens is 552 g/mol. The molecule has 0 amide bonds. The molecule has 2 atom stereocenters. The second-order valence-electron chi connectivity index (χ2n) is 13.8. The maximum absolute atomic E-state index is 7.07. The number of hydrogen-bond acceptors (Lipinski definition) is 3. The SMILES string of the molecule is CCCCCC1CCC(/C=C/C(OC(/C=C/C2CCC(CCCCC)CC2)c2ccc(OC)cc2)c2ccc(OC)cc2)CC1. The molecule has 0 heterocycles. The van der Waals surface area contributed by atoms with Crippen molar-refractivity contribution in [1.82, 2.24) is 0 Å². The molecule has 0 aromatic heterocycles. The molecule has 4 rings (SSSR count). The average molecular weight is 615 g/mol. The molecule has 45 heavy (non-hydrogen) atoms. The predicted octanol–water partition coefficient (Wildman–Crippen LogP) is 12.4. The highest BCUT2D eigenvalue weighted by atomic mass is 16.5. The van der Waals surface area contributed by atoms with Gasteiger partial charge in [0.2, 0.25) is 0 Å². The van der Waals surface area contributed by atoms with E-state index in [4.69, 9.17) is 14.2 Å². The van der Waals surface area contributed by atoms with Gasteiger partial charge in [-0.05, 0) is 110 Å². The van der Waals surface area contributed by atoms with Crippen molar-refractivity contribution in [2.24, 2.45) is 23.7 Å². The summed E-state index contributed by atoms with van der Waals surface area (Å²) in [4.78, 5) is 0. The number of allylic oxidation sites excluding steroid dienone is 2. The summed E-state index contributed by atoms with van der Waals surface area (Å²) in [6, 6.07) is 16.9. The van der Waals surface area contributed by atoms with Gasteiger partial charge in [0.05, 0.1) is 14.2 Å². The Balaban J connectivity index is 1.48. The molecule has 0 saturated heterocycles. The largest absolute Gasteiger partial charge is 0.497 e. The third kappa shape index (κ3) is 12.0. The minimum absolute atomic E-state index is 0.135. The van der Waals surface area contributed by atoms with Gasteiger partial charge in [-0.3, -0.25) is 0 Å². The molecule has 2 unspecified atom stereocenters. The lowest BCUT2D eigenvalue weighted by Gasteiger charge is -2.28. The van der Waals surface area contributed by atoms with Crippen molar-refractivity contribution in [3.8, 4) is 11.5 Å². The third-order valence-electron chi connectivity index (χ3n) is 10.5. The van der Waals surface area contributed by atoms with Crippen LogP contribution in [0.2, 0.25) is 0 Å². The van der Waals surface area contributed by atoms with E-state index in [1.54, 1.807) is 14.2 Å². The number of methoxy groups -OCH3 is 2. The summed E-state index contributed by atoms with van der Waals surface area (Å²) in [7, 11) is 3.45. The van der Waals surface area contributed by atoms with E-state index in [0.717, 1.165) is 23.3 Å². The van der Waals surface area contributed by atoms with E-state index in [1.165, 1.54) is 114 Å². The van der Waals surface area contributed by atoms with Gasteiger partial charge in [-0.15, -0.1) is 0 Å². The third-order valence-corrected chi connectivity index (χ3v) is 10.5. The lowest BCUT2D eigenvalue weighted by Crippen LogP contribution is -2.14. The highest BCUT2D eigenvalue weighted by Crippen LogP contribution is 2.37. The summed E-state index contributed by atoms with van der Waals surface area (Å²) in [5, 5.41) is 0. The van der Waals surface area contributed by atoms with E-state index in [-0.39, 0.29) is 12.2 Å². The summed E-state index contributed by atoms with van der Waals surface area (Å²) in [6.45, 7) is 4.61. The molecule has 2 aliphatic carbocycles. The Kier molecular flexibility index (Phi) is 15.6. The molecule has 3 nitrogen and oxygen atoms in total. The molecule has 248 valence electrons. The van der Waals surface area contributed by atoms with Crippen molar-refractivity contribution in [2.75, 3.05) is 14.2 Å². The summed E-state index contributed by atoms with van der Waals surface area (Å²) in [5.41, 5.74) is 2.33. The molecule has 3 heteroatoms. The number of rotatable bonds is 18. The standard InChI is InChI=1S/C42H62O3/c1-5-7-9-11-33-13-17-35(18-14-33)21-31-41(37-23-27-39(43-3)28-24-37)45-42(38-25-29-40(44-4)30-26-38)32-22-36-19-15-34(16-20-36)12-10-8-6-2/h21-36,41-42H,5-20H2,1-4H3/b31-21+,32-22+. The lowest BCUT2D eigenvalue weighted by molar-refractivity contribution is 0.0390. The molecule has 0 N–H and O–H groups in total. The van der Waals surface area contributed by atoms with Crippen LogP contribution in [0, 0.1) is 23.7 Å². The Labute approximate surface area is 275 Å². The van der Waals surface area contributed by atoms with E-state index >= 15 is 0 Å². The first-order valence-corrected chi connectivity index (χ1v) is 18.4. The highest BCUT2D eigenvalue weighted by Gasteiger charge is 2.23. The molecule has 0 radical (unpaired) electrons. The second-order valence-corrected chi connectivity index (χ2v) is 13.8. The summed E-state index contributed by atoms with van der Waals surface area (Å²) < 4.78 is 18.0. The predicted molar refractivity (Wildman–Crippen MR) is 190 cm³/mol. The minimum atomic E-state index is -0.135. The smallest absolute Gasteiger partial charge is 0.118 e. The van der Waals surface area contributed by atoms with E-state index < -0.39 is 0 Å². The number of unbranched alkanes of at least 4 members (excludes halogenated alkanes) is 4. The lowest BCUT2D eigenvalue weighted by atomic mass is 9.79. The maximum atomic E-state index is 7.07. The maximum Gasteiger partial charge on any atom is 0.118 e. The first-order chi connectivity index (χ1) is 22.1. The van der Waals surface area contributed by atoms with Gasteiger partial charge >= 0.3 is 0 Å². The van der Waals surface area contributed by atoms with Crippen molar-refractivity contribution in [2.45, 2.75) is 129 Å². The van der Waals surface area contributed by atoms with Crippen LogP contribution in [-0.2, 0) is 4.74 Å². The number of hydrogen-bond donors (Lipinski definition) is 0. The fourth-order valence-corrected chi connectivity index (χ4v) is 7.44. The molecule has 0 bridgehead atoms. The van der Waals surface area contributed by atoms with Gasteiger partial charge in [-0.2, -0.15) is 0 Å². The van der Waals surface area contributed by atoms with Crippen LogP contribution in [0.15, 0.2) is 72.8 Å². The van der Waals surface area contributed by atoms with Gasteiger partial charge in [-0.25, -0.2) is 0 Å². The normalized spacial score (nSPS) is 23.7. The van der Waals surface area contributed by atoms with E-state index in [9.17, 15) is 0 Å². The molecule has 2 fully saturated rings. The van der Waals surface area contributed by atoms with Crippen LogP contribution in [0.4, 0.5) is 0 Å². The summed E-state index contributed by atoms with van der Waals surface area (Å²) >= 11 is 0. The zero-order chi connectivity index (χ0) is 31.7. The molecule has 2 aliphatic rings. The number of ether oxygens (including phenoxy) is 3. The second kappa shape index (κ2) is 19.9. The van der Waals surface area contributed by atoms with Gasteiger partial charge in [0.25, 0.3) is 0 Å². The Morgan fingerprint density at radius 2 is 0.933 bits per heavy atom. The molecule has 0 aliphatic heterocycles. The van der Waals surface area contributed by atoms with E-state index in [1.807, 2.05) is 0 Å². The van der Waals surface area contributed by atoms with Crippen molar-refractivity contribution < 1.29 is 14.2 Å². The molecule has 2 aromatic rings. The average Bonchev–Trinajstić information content (AvgIpc) is 3.09. The summed E-state index contributed by atoms with van der Waals surface area (Å²) in [6.07, 6.45) is 31.0. The van der Waals surface area contributed by atoms with Gasteiger partial charge < -0.3 is 14.2 Å². The summed E-state index contributed by atoms with van der Waals surface area (Å²) in [5.74, 6) is 4.87. The fraction of sp³-hybridized carbons (Fsp3) is 0.619. The van der Waals surface area contributed by atoms with Gasteiger partial charge in [0, 0.05) is 0 Å². The highest BCUT2D eigenvalue weighted by molar-refractivity contribution is 5.33. The molecule has 2 aromatic carbocycles. The van der Waals surface area contributed by atoms with Gasteiger partial charge in [-0.1, -0.05) is 114 Å². The fourth-order valence-electron chi connectivity index (χ4n) is 7.44. The van der Waals surface area contributed by atoms with Crippen LogP contribution >= 0.6 is 0 Å². The molecule has 2 saturated carbocycles. The van der Waals surface area contributed by atoms with Crippen LogP contribution in [-0.4, -0.2) is 14.2 Å². The molecular formula is C42H62O3.